The van der Waals surface area contributed by atoms with Crippen LogP contribution in [0.4, 0.5) is 5.69 Å². The molecule has 1 unspecified atom stereocenters. The van der Waals surface area contributed by atoms with Crippen molar-refractivity contribution in [3.63, 3.8) is 0 Å². The van der Waals surface area contributed by atoms with Crippen molar-refractivity contribution in [2.75, 3.05) is 20.3 Å². The Morgan fingerprint density at radius 3 is 2.76 bits per heavy atom. The van der Waals surface area contributed by atoms with Gasteiger partial charge in [-0.3, -0.25) is 14.9 Å². The van der Waals surface area contributed by atoms with Crippen molar-refractivity contribution in [1.82, 2.24) is 5.32 Å². The van der Waals surface area contributed by atoms with Crippen LogP contribution in [0.2, 0.25) is 5.02 Å². The summed E-state index contributed by atoms with van der Waals surface area (Å²) in [7, 11) is 1.52. The molecule has 0 aromatic heterocycles. The molecule has 0 saturated heterocycles. The number of ether oxygens (including phenoxy) is 1. The Bertz CT molecular complexity index is 533. The number of carbonyl (C=O) groups excluding carboxylic acids is 1. The minimum atomic E-state index is -1.10. The molecule has 8 heteroatoms. The SMILES string of the molecule is COCCC(C)(O)CNC(=O)c1ccc([N+](=O)[O-])c(Cl)c1. The van der Waals surface area contributed by atoms with E-state index in [9.17, 15) is 20.0 Å². The fourth-order valence-corrected chi connectivity index (χ4v) is 1.83. The van der Waals surface area contributed by atoms with E-state index in [4.69, 9.17) is 16.3 Å². The monoisotopic (exact) mass is 316 g/mol. The predicted molar refractivity (Wildman–Crippen MR) is 77.6 cm³/mol. The molecule has 21 heavy (non-hydrogen) atoms. The zero-order valence-corrected chi connectivity index (χ0v) is 12.5. The fourth-order valence-electron chi connectivity index (χ4n) is 1.58. The number of nitrogens with one attached hydrogen (secondary N) is 1. The first-order chi connectivity index (χ1) is 9.76. The minimum absolute atomic E-state index is 0.0315. The number of halogens is 1. The van der Waals surface area contributed by atoms with Crippen molar-refractivity contribution >= 4 is 23.2 Å². The van der Waals surface area contributed by atoms with Gasteiger partial charge in [0.05, 0.1) is 10.5 Å². The van der Waals surface area contributed by atoms with Crippen molar-refractivity contribution in [1.29, 1.82) is 0 Å². The second kappa shape index (κ2) is 7.35. The molecule has 1 aromatic rings. The number of hydrogen-bond acceptors (Lipinski definition) is 5. The molecule has 0 aliphatic heterocycles. The van der Waals surface area contributed by atoms with Gasteiger partial charge in [-0.25, -0.2) is 0 Å². The Morgan fingerprint density at radius 1 is 1.57 bits per heavy atom. The molecular weight excluding hydrogens is 300 g/mol. The summed E-state index contributed by atoms with van der Waals surface area (Å²) in [6.45, 7) is 1.98. The summed E-state index contributed by atoms with van der Waals surface area (Å²) in [6, 6.07) is 3.70. The lowest BCUT2D eigenvalue weighted by Crippen LogP contribution is -2.41. The van der Waals surface area contributed by atoms with E-state index >= 15 is 0 Å². The summed E-state index contributed by atoms with van der Waals surface area (Å²) in [6.07, 6.45) is 0.366. The van der Waals surface area contributed by atoms with Crippen molar-refractivity contribution < 1.29 is 19.6 Å². The highest BCUT2D eigenvalue weighted by atomic mass is 35.5. The van der Waals surface area contributed by atoms with E-state index in [0.717, 1.165) is 0 Å². The van der Waals surface area contributed by atoms with E-state index in [1.54, 1.807) is 6.92 Å². The van der Waals surface area contributed by atoms with Gasteiger partial charge in [0.1, 0.15) is 5.02 Å². The number of methoxy groups -OCH3 is 1. The second-order valence-corrected chi connectivity index (χ2v) is 5.25. The first-order valence-electron chi connectivity index (χ1n) is 6.20. The zero-order chi connectivity index (χ0) is 16.0. The Labute approximate surface area is 127 Å². The Kier molecular flexibility index (Phi) is 6.07. The number of benzene rings is 1. The van der Waals surface area contributed by atoms with Crippen molar-refractivity contribution in [3.8, 4) is 0 Å². The number of aliphatic hydroxyl groups is 1. The van der Waals surface area contributed by atoms with E-state index in [0.29, 0.717) is 13.0 Å². The predicted octanol–water partition coefficient (Wildman–Crippen LogP) is 1.77. The van der Waals surface area contributed by atoms with Gasteiger partial charge in [-0.15, -0.1) is 0 Å². The average molecular weight is 317 g/mol. The van der Waals surface area contributed by atoms with Crippen LogP contribution in [0.3, 0.4) is 0 Å². The highest BCUT2D eigenvalue weighted by Gasteiger charge is 2.22. The lowest BCUT2D eigenvalue weighted by atomic mass is 10.0. The number of nitrogens with zero attached hydrogens (tertiary/aromatic N) is 1. The Balaban J connectivity index is 2.68. The molecule has 1 atom stereocenters. The number of hydrogen-bond donors (Lipinski definition) is 2. The fraction of sp³-hybridized carbons (Fsp3) is 0.462. The van der Waals surface area contributed by atoms with Crippen LogP contribution in [0, 0.1) is 10.1 Å². The largest absolute Gasteiger partial charge is 0.388 e. The molecule has 0 spiro atoms. The van der Waals surface area contributed by atoms with Gasteiger partial charge in [-0.2, -0.15) is 0 Å². The van der Waals surface area contributed by atoms with Gasteiger partial charge in [-0.05, 0) is 19.1 Å². The van der Waals surface area contributed by atoms with E-state index in [1.807, 2.05) is 0 Å². The third-order valence-electron chi connectivity index (χ3n) is 2.88. The smallest absolute Gasteiger partial charge is 0.287 e. The molecule has 7 nitrogen and oxygen atoms in total. The molecule has 1 amide bonds. The van der Waals surface area contributed by atoms with Crippen molar-refractivity contribution in [2.45, 2.75) is 18.9 Å². The third-order valence-corrected chi connectivity index (χ3v) is 3.18. The summed E-state index contributed by atoms with van der Waals surface area (Å²) in [5.41, 5.74) is -1.18. The second-order valence-electron chi connectivity index (χ2n) is 4.85. The number of amides is 1. The van der Waals surface area contributed by atoms with Gasteiger partial charge >= 0.3 is 0 Å². The molecule has 0 bridgehead atoms. The van der Waals surface area contributed by atoms with Crippen LogP contribution in [0.1, 0.15) is 23.7 Å². The first kappa shape index (κ1) is 17.4. The molecule has 0 aliphatic rings. The summed E-state index contributed by atoms with van der Waals surface area (Å²) < 4.78 is 4.87. The maximum atomic E-state index is 11.9. The zero-order valence-electron chi connectivity index (χ0n) is 11.8. The number of rotatable bonds is 7. The topological polar surface area (TPSA) is 102 Å². The summed E-state index contributed by atoms with van der Waals surface area (Å²) >= 11 is 5.74. The number of carbonyl (C=O) groups is 1. The van der Waals surface area contributed by atoms with Crippen LogP contribution in [-0.4, -0.2) is 41.8 Å². The van der Waals surface area contributed by atoms with Crippen molar-refractivity contribution in [3.05, 3.63) is 38.9 Å². The molecule has 1 aromatic carbocycles. The van der Waals surface area contributed by atoms with Crippen LogP contribution in [0.15, 0.2) is 18.2 Å². The van der Waals surface area contributed by atoms with Crippen LogP contribution in [0.25, 0.3) is 0 Å². The van der Waals surface area contributed by atoms with E-state index < -0.39 is 16.4 Å². The molecule has 0 fully saturated rings. The van der Waals surface area contributed by atoms with Crippen LogP contribution < -0.4 is 5.32 Å². The summed E-state index contributed by atoms with van der Waals surface area (Å²) in [5.74, 6) is -0.468. The lowest BCUT2D eigenvalue weighted by Gasteiger charge is -2.23. The molecule has 0 radical (unpaired) electrons. The maximum Gasteiger partial charge on any atom is 0.287 e. The highest BCUT2D eigenvalue weighted by molar-refractivity contribution is 6.33. The van der Waals surface area contributed by atoms with E-state index in [1.165, 1.54) is 25.3 Å². The minimum Gasteiger partial charge on any atom is -0.388 e. The molecular formula is C13H17ClN2O5. The van der Waals surface area contributed by atoms with E-state index in [2.05, 4.69) is 5.32 Å². The van der Waals surface area contributed by atoms with E-state index in [-0.39, 0.29) is 22.8 Å². The molecule has 0 aliphatic carbocycles. The first-order valence-corrected chi connectivity index (χ1v) is 6.58. The van der Waals surface area contributed by atoms with Crippen LogP contribution in [0.5, 0.6) is 0 Å². The lowest BCUT2D eigenvalue weighted by molar-refractivity contribution is -0.384. The quantitative estimate of drug-likeness (QED) is 0.589. The Morgan fingerprint density at radius 2 is 2.24 bits per heavy atom. The summed E-state index contributed by atoms with van der Waals surface area (Å²) in [5, 5.41) is 23.1. The molecule has 0 heterocycles. The van der Waals surface area contributed by atoms with Gasteiger partial charge in [0, 0.05) is 38.3 Å². The van der Waals surface area contributed by atoms with Gasteiger partial charge in [0.2, 0.25) is 0 Å². The van der Waals surface area contributed by atoms with Gasteiger partial charge < -0.3 is 15.2 Å². The van der Waals surface area contributed by atoms with Gasteiger partial charge in [0.15, 0.2) is 0 Å². The van der Waals surface area contributed by atoms with Crippen LogP contribution >= 0.6 is 11.6 Å². The normalized spacial score (nSPS) is 13.5. The third kappa shape index (κ3) is 5.30. The van der Waals surface area contributed by atoms with Crippen LogP contribution in [-0.2, 0) is 4.74 Å². The highest BCUT2D eigenvalue weighted by Crippen LogP contribution is 2.24. The standard InChI is InChI=1S/C13H17ClN2O5/c1-13(18,5-6-21-2)8-15-12(17)9-3-4-11(16(19)20)10(14)7-9/h3-4,7,18H,5-6,8H2,1-2H3,(H,15,17). The van der Waals surface area contributed by atoms with Gasteiger partial charge in [0.25, 0.3) is 11.6 Å². The molecule has 0 saturated carbocycles. The Hall–Kier alpha value is -1.70. The number of nitro groups is 1. The summed E-state index contributed by atoms with van der Waals surface area (Å²) in [4.78, 5) is 21.9. The van der Waals surface area contributed by atoms with Crippen molar-refractivity contribution in [2.24, 2.45) is 0 Å². The van der Waals surface area contributed by atoms with Gasteiger partial charge in [-0.1, -0.05) is 11.6 Å². The maximum absolute atomic E-state index is 11.9. The molecule has 1 rings (SSSR count). The number of nitro benzene ring substituents is 1. The molecule has 2 N–H and O–H groups in total. The molecule has 116 valence electrons. The average Bonchev–Trinajstić information content (AvgIpc) is 2.42.